The fourth-order valence-electron chi connectivity index (χ4n) is 3.90. The third-order valence-electron chi connectivity index (χ3n) is 5.78. The van der Waals surface area contributed by atoms with Crippen molar-refractivity contribution in [1.82, 2.24) is 15.2 Å². The van der Waals surface area contributed by atoms with Gasteiger partial charge in [-0.05, 0) is 31.7 Å². The van der Waals surface area contributed by atoms with Crippen LogP contribution in [0.3, 0.4) is 0 Å². The predicted octanol–water partition coefficient (Wildman–Crippen LogP) is 2.48. The number of benzene rings is 1. The van der Waals surface area contributed by atoms with Gasteiger partial charge in [-0.15, -0.1) is 0 Å². The SMILES string of the molecule is CN=C(NCCCCn1ccccc1=O)NC1CCN(c2cc(OC)cc(OC)c2)CC1. The van der Waals surface area contributed by atoms with Gasteiger partial charge >= 0.3 is 0 Å². The zero-order valence-corrected chi connectivity index (χ0v) is 19.3. The molecule has 0 atom stereocenters. The number of anilines is 1. The number of piperidine rings is 1. The number of unbranched alkanes of at least 4 members (excludes halogenated alkanes) is 1. The van der Waals surface area contributed by atoms with Crippen LogP contribution in [-0.2, 0) is 6.54 Å². The summed E-state index contributed by atoms with van der Waals surface area (Å²) in [6.07, 6.45) is 5.80. The Hall–Kier alpha value is -3.16. The minimum absolute atomic E-state index is 0.0525. The number of hydrogen-bond acceptors (Lipinski definition) is 5. The van der Waals surface area contributed by atoms with Gasteiger partial charge in [0.25, 0.3) is 0 Å². The number of nitrogens with zero attached hydrogens (tertiary/aromatic N) is 3. The summed E-state index contributed by atoms with van der Waals surface area (Å²) in [7, 11) is 5.15. The first-order valence-electron chi connectivity index (χ1n) is 11.2. The molecule has 1 aliphatic heterocycles. The van der Waals surface area contributed by atoms with Crippen molar-refractivity contribution < 1.29 is 9.47 Å². The first-order chi connectivity index (χ1) is 15.6. The van der Waals surface area contributed by atoms with Crippen LogP contribution in [0.2, 0.25) is 0 Å². The highest BCUT2D eigenvalue weighted by Crippen LogP contribution is 2.30. The number of aryl methyl sites for hydroxylation is 1. The normalized spacial score (nSPS) is 14.8. The van der Waals surface area contributed by atoms with E-state index in [4.69, 9.17) is 9.47 Å². The molecule has 0 amide bonds. The lowest BCUT2D eigenvalue weighted by molar-refractivity contribution is 0.393. The molecule has 32 heavy (non-hydrogen) atoms. The molecule has 0 spiro atoms. The summed E-state index contributed by atoms with van der Waals surface area (Å²) in [5.74, 6) is 2.45. The summed E-state index contributed by atoms with van der Waals surface area (Å²) < 4.78 is 12.6. The van der Waals surface area contributed by atoms with E-state index in [0.717, 1.165) is 75.0 Å². The Bertz CT molecular complexity index is 913. The van der Waals surface area contributed by atoms with Gasteiger partial charge < -0.3 is 29.6 Å². The highest BCUT2D eigenvalue weighted by Gasteiger charge is 2.21. The number of ether oxygens (including phenoxy) is 2. The van der Waals surface area contributed by atoms with E-state index < -0.39 is 0 Å². The number of hydrogen-bond donors (Lipinski definition) is 2. The Kier molecular flexibility index (Phi) is 8.83. The first-order valence-corrected chi connectivity index (χ1v) is 11.2. The summed E-state index contributed by atoms with van der Waals surface area (Å²) >= 11 is 0. The Morgan fingerprint density at radius 1 is 1.09 bits per heavy atom. The second kappa shape index (κ2) is 12.0. The topological polar surface area (TPSA) is 80.1 Å². The molecule has 0 radical (unpaired) electrons. The zero-order valence-electron chi connectivity index (χ0n) is 19.3. The van der Waals surface area contributed by atoms with E-state index in [-0.39, 0.29) is 5.56 Å². The quantitative estimate of drug-likeness (QED) is 0.354. The summed E-state index contributed by atoms with van der Waals surface area (Å²) in [6, 6.07) is 11.6. The second-order valence-corrected chi connectivity index (χ2v) is 7.91. The molecular weight excluding hydrogens is 406 g/mol. The predicted molar refractivity (Wildman–Crippen MR) is 129 cm³/mol. The van der Waals surface area contributed by atoms with Gasteiger partial charge in [0.05, 0.1) is 14.2 Å². The summed E-state index contributed by atoms with van der Waals surface area (Å²) in [4.78, 5) is 18.5. The van der Waals surface area contributed by atoms with Crippen LogP contribution in [0, 0.1) is 0 Å². The van der Waals surface area contributed by atoms with Crippen molar-refractivity contribution in [3.05, 3.63) is 52.9 Å². The lowest BCUT2D eigenvalue weighted by Gasteiger charge is -2.34. The van der Waals surface area contributed by atoms with Crippen LogP contribution in [0.5, 0.6) is 11.5 Å². The highest BCUT2D eigenvalue weighted by molar-refractivity contribution is 5.80. The van der Waals surface area contributed by atoms with E-state index in [0.29, 0.717) is 6.04 Å². The molecule has 3 rings (SSSR count). The number of guanidine groups is 1. The lowest BCUT2D eigenvalue weighted by atomic mass is 10.0. The molecule has 174 valence electrons. The fraction of sp³-hybridized carbons (Fsp3) is 0.500. The number of nitrogens with one attached hydrogen (secondary N) is 2. The Morgan fingerprint density at radius 2 is 1.81 bits per heavy atom. The second-order valence-electron chi connectivity index (χ2n) is 7.91. The molecule has 2 N–H and O–H groups in total. The van der Waals surface area contributed by atoms with Crippen molar-refractivity contribution in [2.45, 2.75) is 38.3 Å². The Labute approximate surface area is 190 Å². The fourth-order valence-corrected chi connectivity index (χ4v) is 3.90. The number of rotatable bonds is 9. The standard InChI is InChI=1S/C24H35N5O3/c1-25-24(26-11-5-7-13-29-12-6-4-8-23(29)30)27-19-9-14-28(15-10-19)20-16-21(31-2)18-22(17-20)32-3/h4,6,8,12,16-19H,5,7,9-11,13-15H2,1-3H3,(H2,25,26,27). The van der Waals surface area contributed by atoms with Crippen molar-refractivity contribution in [1.29, 1.82) is 0 Å². The smallest absolute Gasteiger partial charge is 0.250 e. The van der Waals surface area contributed by atoms with E-state index in [1.54, 1.807) is 38.0 Å². The molecule has 1 aliphatic rings. The van der Waals surface area contributed by atoms with Crippen molar-refractivity contribution in [3.8, 4) is 11.5 Å². The zero-order chi connectivity index (χ0) is 22.8. The van der Waals surface area contributed by atoms with E-state index in [9.17, 15) is 4.79 Å². The number of methoxy groups -OCH3 is 2. The average Bonchev–Trinajstić information content (AvgIpc) is 2.84. The van der Waals surface area contributed by atoms with Crippen LogP contribution < -0.4 is 30.6 Å². The molecule has 0 bridgehead atoms. The molecule has 1 aromatic heterocycles. The lowest BCUT2D eigenvalue weighted by Crippen LogP contribution is -2.48. The van der Waals surface area contributed by atoms with Crippen molar-refractivity contribution in [2.24, 2.45) is 4.99 Å². The molecule has 0 saturated carbocycles. The van der Waals surface area contributed by atoms with Crippen molar-refractivity contribution in [2.75, 3.05) is 45.8 Å². The van der Waals surface area contributed by atoms with Crippen LogP contribution in [0.4, 0.5) is 5.69 Å². The van der Waals surface area contributed by atoms with Crippen LogP contribution >= 0.6 is 0 Å². The number of aliphatic imine (C=N–C) groups is 1. The van der Waals surface area contributed by atoms with Gasteiger partial charge in [0.2, 0.25) is 5.56 Å². The molecule has 0 unspecified atom stereocenters. The third kappa shape index (κ3) is 6.67. The van der Waals surface area contributed by atoms with Gasteiger partial charge in [0.15, 0.2) is 5.96 Å². The van der Waals surface area contributed by atoms with E-state index >= 15 is 0 Å². The molecule has 0 aliphatic carbocycles. The molecule has 1 saturated heterocycles. The minimum atomic E-state index is 0.0525. The van der Waals surface area contributed by atoms with Crippen LogP contribution in [0.15, 0.2) is 52.4 Å². The van der Waals surface area contributed by atoms with Gasteiger partial charge in [-0.3, -0.25) is 9.79 Å². The number of aromatic nitrogens is 1. The van der Waals surface area contributed by atoms with Crippen LogP contribution in [-0.4, -0.2) is 57.5 Å². The number of pyridine rings is 1. The van der Waals surface area contributed by atoms with Crippen molar-refractivity contribution >= 4 is 11.6 Å². The summed E-state index contributed by atoms with van der Waals surface area (Å²) in [5.41, 5.74) is 1.18. The Morgan fingerprint density at radius 3 is 2.44 bits per heavy atom. The largest absolute Gasteiger partial charge is 0.497 e. The molecule has 1 fully saturated rings. The maximum atomic E-state index is 11.7. The van der Waals surface area contributed by atoms with Crippen molar-refractivity contribution in [3.63, 3.8) is 0 Å². The van der Waals surface area contributed by atoms with Gasteiger partial charge in [-0.25, -0.2) is 0 Å². The highest BCUT2D eigenvalue weighted by atomic mass is 16.5. The van der Waals surface area contributed by atoms with E-state index in [2.05, 4.69) is 32.7 Å². The minimum Gasteiger partial charge on any atom is -0.497 e. The van der Waals surface area contributed by atoms with Crippen LogP contribution in [0.1, 0.15) is 25.7 Å². The maximum absolute atomic E-state index is 11.7. The summed E-state index contributed by atoms with van der Waals surface area (Å²) in [6.45, 7) is 3.47. The van der Waals surface area contributed by atoms with Gasteiger partial charge in [-0.2, -0.15) is 0 Å². The molecule has 2 heterocycles. The molecule has 1 aromatic carbocycles. The molecule has 8 heteroatoms. The van der Waals surface area contributed by atoms with Crippen LogP contribution in [0.25, 0.3) is 0 Å². The maximum Gasteiger partial charge on any atom is 0.250 e. The monoisotopic (exact) mass is 441 g/mol. The average molecular weight is 442 g/mol. The first kappa shape index (κ1) is 23.5. The molecule has 2 aromatic rings. The van der Waals surface area contributed by atoms with Gasteiger partial charge in [-0.1, -0.05) is 6.07 Å². The Balaban J connectivity index is 1.40. The van der Waals surface area contributed by atoms with E-state index in [1.165, 1.54) is 0 Å². The third-order valence-corrected chi connectivity index (χ3v) is 5.78. The summed E-state index contributed by atoms with van der Waals surface area (Å²) in [5, 5.41) is 6.94. The van der Waals surface area contributed by atoms with Gasteiger partial charge in [0.1, 0.15) is 11.5 Å². The molecular formula is C24H35N5O3. The molecule has 8 nitrogen and oxygen atoms in total. The van der Waals surface area contributed by atoms with Gasteiger partial charge in [0, 0.05) is 75.4 Å². The van der Waals surface area contributed by atoms with E-state index in [1.807, 2.05) is 18.3 Å².